The van der Waals surface area contributed by atoms with E-state index in [1.54, 1.807) is 18.9 Å². The number of nitrogens with zero attached hydrogens (tertiary/aromatic N) is 3. The average molecular weight is 433 g/mol. The third-order valence-corrected chi connectivity index (χ3v) is 6.40. The van der Waals surface area contributed by atoms with Crippen LogP contribution in [0.25, 0.3) is 11.0 Å². The van der Waals surface area contributed by atoms with Gasteiger partial charge >= 0.3 is 0 Å². The summed E-state index contributed by atoms with van der Waals surface area (Å²) in [5.74, 6) is 1.59. The van der Waals surface area contributed by atoms with Crippen LogP contribution in [-0.2, 0) is 5.75 Å². The Bertz CT molecular complexity index is 908. The van der Waals surface area contributed by atoms with Gasteiger partial charge in [0, 0.05) is 31.1 Å². The lowest BCUT2D eigenvalue weighted by molar-refractivity contribution is 0.415. The SMILES string of the molecule is COc1ccc2nc(SCc3nccc(N4CCCCC4)c3Br)[nH]c2c1. The molecule has 0 bridgehead atoms. The maximum atomic E-state index is 5.27. The van der Waals surface area contributed by atoms with Crippen molar-refractivity contribution in [1.82, 2.24) is 15.0 Å². The van der Waals surface area contributed by atoms with E-state index in [-0.39, 0.29) is 0 Å². The lowest BCUT2D eigenvalue weighted by Crippen LogP contribution is -2.29. The number of methoxy groups -OCH3 is 1. The van der Waals surface area contributed by atoms with Crippen LogP contribution in [0.1, 0.15) is 25.0 Å². The molecule has 7 heteroatoms. The van der Waals surface area contributed by atoms with E-state index >= 15 is 0 Å². The molecule has 3 heterocycles. The predicted molar refractivity (Wildman–Crippen MR) is 110 cm³/mol. The van der Waals surface area contributed by atoms with Gasteiger partial charge in [0.25, 0.3) is 0 Å². The highest BCUT2D eigenvalue weighted by atomic mass is 79.9. The van der Waals surface area contributed by atoms with Gasteiger partial charge in [-0.1, -0.05) is 11.8 Å². The molecule has 0 unspecified atom stereocenters. The minimum Gasteiger partial charge on any atom is -0.497 e. The van der Waals surface area contributed by atoms with Gasteiger partial charge in [-0.05, 0) is 53.4 Å². The van der Waals surface area contributed by atoms with Crippen LogP contribution in [0.5, 0.6) is 5.75 Å². The number of fused-ring (bicyclic) bond motifs is 1. The summed E-state index contributed by atoms with van der Waals surface area (Å²) in [6.07, 6.45) is 5.77. The summed E-state index contributed by atoms with van der Waals surface area (Å²) >= 11 is 5.44. The Balaban J connectivity index is 1.50. The standard InChI is InChI=1S/C19H21BrN4OS/c1-25-13-5-6-14-15(11-13)23-19(22-14)26-12-16-18(20)17(7-8-21-16)24-9-3-2-4-10-24/h5-8,11H,2-4,9-10,12H2,1H3,(H,22,23). The number of nitrogens with one attached hydrogen (secondary N) is 1. The number of hydrogen-bond acceptors (Lipinski definition) is 5. The second-order valence-corrected chi connectivity index (χ2v) is 8.11. The number of anilines is 1. The first-order valence-corrected chi connectivity index (χ1v) is 10.6. The molecule has 0 radical (unpaired) electrons. The number of benzene rings is 1. The van der Waals surface area contributed by atoms with Crippen LogP contribution in [0, 0.1) is 0 Å². The first-order chi connectivity index (χ1) is 12.7. The zero-order valence-electron chi connectivity index (χ0n) is 14.7. The number of aromatic amines is 1. The number of thioether (sulfide) groups is 1. The number of rotatable bonds is 5. The van der Waals surface area contributed by atoms with Gasteiger partial charge in [-0.25, -0.2) is 4.98 Å². The van der Waals surface area contributed by atoms with Crippen LogP contribution in [0.15, 0.2) is 40.1 Å². The molecule has 5 nitrogen and oxygen atoms in total. The number of aromatic nitrogens is 3. The third kappa shape index (κ3) is 3.69. The number of H-pyrrole nitrogens is 1. The Morgan fingerprint density at radius 2 is 2.08 bits per heavy atom. The van der Waals surface area contributed by atoms with Crippen LogP contribution < -0.4 is 9.64 Å². The fourth-order valence-electron chi connectivity index (χ4n) is 3.25. The predicted octanol–water partition coefficient (Wildman–Crippen LogP) is 5.01. The van der Waals surface area contributed by atoms with Crippen LogP contribution in [0.4, 0.5) is 5.69 Å². The molecule has 1 fully saturated rings. The van der Waals surface area contributed by atoms with E-state index in [2.05, 4.69) is 41.8 Å². The summed E-state index contributed by atoms with van der Waals surface area (Å²) < 4.78 is 6.38. The number of pyridine rings is 1. The molecule has 2 aromatic heterocycles. The molecule has 0 spiro atoms. The molecule has 136 valence electrons. The van der Waals surface area contributed by atoms with Crippen molar-refractivity contribution in [1.29, 1.82) is 0 Å². The highest BCUT2D eigenvalue weighted by Gasteiger charge is 2.16. The fourth-order valence-corrected chi connectivity index (χ4v) is 4.90. The number of hydrogen-bond donors (Lipinski definition) is 1. The minimum atomic E-state index is 0.763. The molecule has 0 atom stereocenters. The molecule has 26 heavy (non-hydrogen) atoms. The first-order valence-electron chi connectivity index (χ1n) is 8.79. The lowest BCUT2D eigenvalue weighted by atomic mass is 10.1. The summed E-state index contributed by atoms with van der Waals surface area (Å²) in [7, 11) is 1.67. The molecular weight excluding hydrogens is 412 g/mol. The van der Waals surface area contributed by atoms with Gasteiger partial charge in [-0.3, -0.25) is 4.98 Å². The topological polar surface area (TPSA) is 54.0 Å². The van der Waals surface area contributed by atoms with E-state index in [1.165, 1.54) is 24.9 Å². The molecule has 1 N–H and O–H groups in total. The summed E-state index contributed by atoms with van der Waals surface area (Å²) in [5.41, 5.74) is 4.24. The van der Waals surface area contributed by atoms with Gasteiger partial charge < -0.3 is 14.6 Å². The van der Waals surface area contributed by atoms with Crippen molar-refractivity contribution < 1.29 is 4.74 Å². The van der Waals surface area contributed by atoms with Crippen molar-refractivity contribution in [3.05, 3.63) is 40.6 Å². The highest BCUT2D eigenvalue weighted by molar-refractivity contribution is 9.10. The Morgan fingerprint density at radius 1 is 1.23 bits per heavy atom. The lowest BCUT2D eigenvalue weighted by Gasteiger charge is -2.30. The van der Waals surface area contributed by atoms with Crippen molar-refractivity contribution in [3.63, 3.8) is 0 Å². The minimum absolute atomic E-state index is 0.763. The molecule has 3 aromatic rings. The van der Waals surface area contributed by atoms with E-state index < -0.39 is 0 Å². The van der Waals surface area contributed by atoms with Crippen LogP contribution in [-0.4, -0.2) is 35.2 Å². The van der Waals surface area contributed by atoms with Crippen molar-refractivity contribution in [2.75, 3.05) is 25.1 Å². The quantitative estimate of drug-likeness (QED) is 0.574. The normalized spacial score (nSPS) is 14.8. The second-order valence-electron chi connectivity index (χ2n) is 6.35. The number of imidazole rings is 1. The average Bonchev–Trinajstić information content (AvgIpc) is 3.10. The van der Waals surface area contributed by atoms with E-state index in [1.807, 2.05) is 24.4 Å². The van der Waals surface area contributed by atoms with Crippen LogP contribution in [0.2, 0.25) is 0 Å². The van der Waals surface area contributed by atoms with Gasteiger partial charge in [-0.15, -0.1) is 0 Å². The van der Waals surface area contributed by atoms with Gasteiger partial charge in [0.15, 0.2) is 5.16 Å². The van der Waals surface area contributed by atoms with Crippen molar-refractivity contribution in [2.24, 2.45) is 0 Å². The smallest absolute Gasteiger partial charge is 0.166 e. The van der Waals surface area contributed by atoms with E-state index in [4.69, 9.17) is 4.74 Å². The summed E-state index contributed by atoms with van der Waals surface area (Å²) in [6.45, 7) is 2.25. The van der Waals surface area contributed by atoms with Gasteiger partial charge in [0.2, 0.25) is 0 Å². The molecule has 0 aliphatic carbocycles. The maximum Gasteiger partial charge on any atom is 0.166 e. The molecule has 0 saturated carbocycles. The van der Waals surface area contributed by atoms with Crippen molar-refractivity contribution in [3.8, 4) is 5.75 Å². The first kappa shape index (κ1) is 17.7. The Hall–Kier alpha value is -1.73. The Kier molecular flexibility index (Phi) is 5.36. The maximum absolute atomic E-state index is 5.27. The molecule has 1 saturated heterocycles. The monoisotopic (exact) mass is 432 g/mol. The molecule has 0 amide bonds. The summed E-state index contributed by atoms with van der Waals surface area (Å²) in [5, 5.41) is 0.894. The van der Waals surface area contributed by atoms with Crippen LogP contribution in [0.3, 0.4) is 0 Å². The summed E-state index contributed by atoms with van der Waals surface area (Å²) in [4.78, 5) is 15.0. The zero-order chi connectivity index (χ0) is 17.9. The van der Waals surface area contributed by atoms with Crippen LogP contribution >= 0.6 is 27.7 Å². The molecular formula is C19H21BrN4OS. The molecule has 1 aromatic carbocycles. The summed E-state index contributed by atoms with van der Waals surface area (Å²) in [6, 6.07) is 7.98. The van der Waals surface area contributed by atoms with E-state index in [0.29, 0.717) is 0 Å². The zero-order valence-corrected chi connectivity index (χ0v) is 17.1. The van der Waals surface area contributed by atoms with E-state index in [9.17, 15) is 0 Å². The Labute approximate surface area is 165 Å². The highest BCUT2D eigenvalue weighted by Crippen LogP contribution is 2.33. The van der Waals surface area contributed by atoms with E-state index in [0.717, 1.165) is 50.9 Å². The van der Waals surface area contributed by atoms with Crippen molar-refractivity contribution in [2.45, 2.75) is 30.2 Å². The van der Waals surface area contributed by atoms with Gasteiger partial charge in [0.05, 0.1) is 34.0 Å². The number of halogens is 1. The Morgan fingerprint density at radius 3 is 2.88 bits per heavy atom. The molecule has 4 rings (SSSR count). The molecule has 1 aliphatic rings. The third-order valence-electron chi connectivity index (χ3n) is 4.65. The second kappa shape index (κ2) is 7.88. The largest absolute Gasteiger partial charge is 0.497 e. The number of ether oxygens (including phenoxy) is 1. The fraction of sp³-hybridized carbons (Fsp3) is 0.368. The van der Waals surface area contributed by atoms with Gasteiger partial charge in [-0.2, -0.15) is 0 Å². The van der Waals surface area contributed by atoms with Crippen molar-refractivity contribution >= 4 is 44.4 Å². The van der Waals surface area contributed by atoms with Gasteiger partial charge in [0.1, 0.15) is 5.75 Å². The number of piperidine rings is 1. The molecule has 1 aliphatic heterocycles.